The van der Waals surface area contributed by atoms with Crippen molar-refractivity contribution < 1.29 is 32.9 Å². The van der Waals surface area contributed by atoms with Crippen molar-refractivity contribution in [3.63, 3.8) is 0 Å². The van der Waals surface area contributed by atoms with E-state index in [2.05, 4.69) is 0 Å². The lowest BCUT2D eigenvalue weighted by atomic mass is 10.00. The summed E-state index contributed by atoms with van der Waals surface area (Å²) in [5.41, 5.74) is 6.06. The van der Waals surface area contributed by atoms with Gasteiger partial charge in [0, 0.05) is 47.4 Å². The summed E-state index contributed by atoms with van der Waals surface area (Å²) in [4.78, 5) is 11.9. The molecule has 0 amide bonds. The van der Waals surface area contributed by atoms with Crippen molar-refractivity contribution in [2.45, 2.75) is 33.2 Å². The number of esters is 1. The van der Waals surface area contributed by atoms with Crippen LogP contribution < -0.4 is 15.2 Å². The van der Waals surface area contributed by atoms with Gasteiger partial charge in [-0.3, -0.25) is 4.79 Å². The van der Waals surface area contributed by atoms with E-state index < -0.39 is 17.8 Å². The number of allylic oxidation sites excluding steroid dienone is 3. The Balaban J connectivity index is 2.46. The van der Waals surface area contributed by atoms with Gasteiger partial charge < -0.3 is 25.1 Å². The summed E-state index contributed by atoms with van der Waals surface area (Å²) in [6.07, 6.45) is 0.889. The molecule has 0 unspecified atom stereocenters. The molecule has 0 atom stereocenters. The number of carbonyl (C=O) groups excluding carboxylic acids is 1. The van der Waals surface area contributed by atoms with E-state index in [-0.39, 0.29) is 54.2 Å². The van der Waals surface area contributed by atoms with Gasteiger partial charge in [-0.05, 0) is 13.0 Å². The molecule has 3 N–H and O–H groups in total. The Morgan fingerprint density at radius 1 is 1.19 bits per heavy atom. The number of aliphatic hydroxyl groups is 1. The summed E-state index contributed by atoms with van der Waals surface area (Å²) in [6.45, 7) is 3.48. The van der Waals surface area contributed by atoms with Crippen molar-refractivity contribution in [3.8, 4) is 11.5 Å². The Morgan fingerprint density at radius 3 is 2.56 bits per heavy atom. The normalized spacial score (nSPS) is 12.2. The highest BCUT2D eigenvalue weighted by Gasteiger charge is 2.17. The quantitative estimate of drug-likeness (QED) is 0.304. The molecule has 172 valence electrons. The lowest BCUT2D eigenvalue weighted by Crippen LogP contribution is -2.09. The largest absolute Gasteiger partial charge is 0.512 e. The minimum absolute atomic E-state index is 0.0107. The maximum absolute atomic E-state index is 14.9. The molecule has 0 aliphatic heterocycles. The molecule has 32 heavy (non-hydrogen) atoms. The van der Waals surface area contributed by atoms with Crippen LogP contribution in [0.25, 0.3) is 5.57 Å². The highest BCUT2D eigenvalue weighted by atomic mass is 19.1. The van der Waals surface area contributed by atoms with Crippen LogP contribution in [0, 0.1) is 5.82 Å². The van der Waals surface area contributed by atoms with Crippen LogP contribution in [0.4, 0.5) is 8.78 Å². The number of hydrogen-bond donors (Lipinski definition) is 2. The molecular formula is C24H27F2NO5. The highest BCUT2D eigenvalue weighted by molar-refractivity contribution is 5.77. The van der Waals surface area contributed by atoms with Gasteiger partial charge >= 0.3 is 5.97 Å². The van der Waals surface area contributed by atoms with Gasteiger partial charge in [0.1, 0.15) is 23.1 Å². The molecule has 0 heterocycles. The number of hydrogen-bond acceptors (Lipinski definition) is 6. The third-order valence-corrected chi connectivity index (χ3v) is 4.61. The molecule has 0 aliphatic carbocycles. The Labute approximate surface area is 185 Å². The molecule has 0 spiro atoms. The van der Waals surface area contributed by atoms with Crippen LogP contribution >= 0.6 is 0 Å². The second-order valence-electron chi connectivity index (χ2n) is 6.70. The summed E-state index contributed by atoms with van der Waals surface area (Å²) in [6, 6.07) is 7.95. The predicted octanol–water partition coefficient (Wildman–Crippen LogP) is 4.97. The minimum atomic E-state index is -1.11. The molecule has 0 aliphatic rings. The number of rotatable bonds is 10. The van der Waals surface area contributed by atoms with Crippen LogP contribution in [0.1, 0.15) is 37.0 Å². The number of halogens is 2. The van der Waals surface area contributed by atoms with Gasteiger partial charge in [0.15, 0.2) is 0 Å². The van der Waals surface area contributed by atoms with Gasteiger partial charge in [-0.15, -0.1) is 0 Å². The first-order valence-corrected chi connectivity index (χ1v) is 10.1. The molecule has 0 radical (unpaired) electrons. The van der Waals surface area contributed by atoms with Crippen LogP contribution in [0.3, 0.4) is 0 Å². The fourth-order valence-corrected chi connectivity index (χ4v) is 2.97. The highest BCUT2D eigenvalue weighted by Crippen LogP contribution is 2.31. The summed E-state index contributed by atoms with van der Waals surface area (Å²) < 4.78 is 45.1. The number of nitrogens with two attached hydrogens (primary N) is 1. The zero-order valence-corrected chi connectivity index (χ0v) is 18.3. The van der Waals surface area contributed by atoms with Crippen LogP contribution in [0.15, 0.2) is 54.2 Å². The van der Waals surface area contributed by atoms with Gasteiger partial charge in [-0.25, -0.2) is 4.39 Å². The lowest BCUT2D eigenvalue weighted by Gasteiger charge is -2.13. The average Bonchev–Trinajstić information content (AvgIpc) is 2.78. The van der Waals surface area contributed by atoms with Crippen molar-refractivity contribution in [3.05, 3.63) is 76.8 Å². The van der Waals surface area contributed by atoms with E-state index in [4.69, 9.17) is 19.9 Å². The van der Waals surface area contributed by atoms with Crippen molar-refractivity contribution in [1.82, 2.24) is 0 Å². The van der Waals surface area contributed by atoms with Gasteiger partial charge in [0.2, 0.25) is 0 Å². The molecule has 2 aromatic rings. The second kappa shape index (κ2) is 11.9. The van der Waals surface area contributed by atoms with E-state index in [1.165, 1.54) is 25.3 Å². The first-order valence-electron chi connectivity index (χ1n) is 10.1. The molecule has 2 aromatic carbocycles. The molecule has 0 bridgehead atoms. The Kier molecular flexibility index (Phi) is 9.22. The van der Waals surface area contributed by atoms with E-state index >= 15 is 0 Å². The topological polar surface area (TPSA) is 91.0 Å². The van der Waals surface area contributed by atoms with Crippen LogP contribution in [-0.4, -0.2) is 24.8 Å². The Bertz CT molecular complexity index is 1020. The zero-order chi connectivity index (χ0) is 23.7. The van der Waals surface area contributed by atoms with E-state index in [1.807, 2.05) is 0 Å². The second-order valence-corrected chi connectivity index (χ2v) is 6.70. The molecule has 6 nitrogen and oxygen atoms in total. The van der Waals surface area contributed by atoms with Crippen molar-refractivity contribution in [2.75, 3.05) is 13.7 Å². The fraction of sp³-hybridized carbons (Fsp3) is 0.292. The molecule has 0 fully saturated rings. The number of carbonyl (C=O) groups is 1. The van der Waals surface area contributed by atoms with E-state index in [1.54, 1.807) is 32.0 Å². The molecule has 2 rings (SSSR count). The van der Waals surface area contributed by atoms with Crippen LogP contribution in [-0.2, 0) is 22.5 Å². The van der Waals surface area contributed by atoms with Crippen LogP contribution in [0.2, 0.25) is 0 Å². The SMILES string of the molecule is CCOC(=O)Cc1ccc(OC)cc1O/C(F)=C/C(=C(/O)CC)c1cccc(CN)c1F. The average molecular weight is 447 g/mol. The standard InChI is InChI=1S/C24H27F2NO5/c1-4-20(28)19(18-8-6-7-16(14-27)24(18)26)13-22(25)32-21-12-17(30-3)10-9-15(21)11-23(29)31-5-2/h6-10,12-13,28H,4-5,11,14,27H2,1-3H3/b20-19-,22-13+. The smallest absolute Gasteiger partial charge is 0.310 e. The molecule has 0 aromatic heterocycles. The Hall–Kier alpha value is -3.39. The number of methoxy groups -OCH3 is 1. The van der Waals surface area contributed by atoms with Gasteiger partial charge in [0.25, 0.3) is 6.01 Å². The molecule has 0 saturated carbocycles. The molecular weight excluding hydrogens is 420 g/mol. The van der Waals surface area contributed by atoms with E-state index in [0.29, 0.717) is 11.3 Å². The van der Waals surface area contributed by atoms with Crippen molar-refractivity contribution in [1.29, 1.82) is 0 Å². The van der Waals surface area contributed by atoms with Crippen molar-refractivity contribution in [2.24, 2.45) is 5.73 Å². The number of benzene rings is 2. The van der Waals surface area contributed by atoms with Gasteiger partial charge in [-0.1, -0.05) is 31.2 Å². The molecule has 8 heteroatoms. The summed E-state index contributed by atoms with van der Waals surface area (Å²) in [5, 5.41) is 10.3. The fourth-order valence-electron chi connectivity index (χ4n) is 2.97. The van der Waals surface area contributed by atoms with Crippen LogP contribution in [0.5, 0.6) is 11.5 Å². The van der Waals surface area contributed by atoms with Gasteiger partial charge in [-0.2, -0.15) is 4.39 Å². The van der Waals surface area contributed by atoms with Crippen molar-refractivity contribution >= 4 is 11.5 Å². The third-order valence-electron chi connectivity index (χ3n) is 4.61. The van der Waals surface area contributed by atoms with Gasteiger partial charge in [0.05, 0.1) is 20.1 Å². The Morgan fingerprint density at radius 2 is 1.94 bits per heavy atom. The first kappa shape index (κ1) is 24.9. The predicted molar refractivity (Wildman–Crippen MR) is 117 cm³/mol. The molecule has 0 saturated heterocycles. The van der Waals surface area contributed by atoms with E-state index in [0.717, 1.165) is 6.08 Å². The lowest BCUT2D eigenvalue weighted by molar-refractivity contribution is -0.142. The summed E-state index contributed by atoms with van der Waals surface area (Å²) >= 11 is 0. The van der Waals surface area contributed by atoms with E-state index in [9.17, 15) is 18.7 Å². The summed E-state index contributed by atoms with van der Waals surface area (Å²) in [5.74, 6) is -0.976. The maximum atomic E-state index is 14.9. The first-order chi connectivity index (χ1) is 15.3. The minimum Gasteiger partial charge on any atom is -0.512 e. The third kappa shape index (κ3) is 6.31. The number of ether oxygens (including phenoxy) is 3. The number of aliphatic hydroxyl groups excluding tert-OH is 1. The zero-order valence-electron chi connectivity index (χ0n) is 18.3. The maximum Gasteiger partial charge on any atom is 0.310 e. The summed E-state index contributed by atoms with van der Waals surface area (Å²) in [7, 11) is 1.43. The monoisotopic (exact) mass is 447 g/mol.